The summed E-state index contributed by atoms with van der Waals surface area (Å²) in [6.45, 7) is 4.12. The molecule has 2 fully saturated rings. The van der Waals surface area contributed by atoms with Crippen LogP contribution in [-0.2, 0) is 4.79 Å². The molecule has 10 heteroatoms. The van der Waals surface area contributed by atoms with Crippen LogP contribution in [0.2, 0.25) is 0 Å². The number of benzene rings is 2. The second-order valence-electron chi connectivity index (χ2n) is 11.0. The molecule has 4 atom stereocenters. The summed E-state index contributed by atoms with van der Waals surface area (Å²) in [5, 5.41) is 28.2. The number of hydrogen-bond acceptors (Lipinski definition) is 8. The summed E-state index contributed by atoms with van der Waals surface area (Å²) in [5.74, 6) is 1.19. The number of nitrogens with zero attached hydrogens (tertiary/aromatic N) is 5. The van der Waals surface area contributed by atoms with Gasteiger partial charge in [-0.25, -0.2) is 4.98 Å². The summed E-state index contributed by atoms with van der Waals surface area (Å²) in [6, 6.07) is 19.8. The lowest BCUT2D eigenvalue weighted by atomic mass is 9.91. The molecule has 1 saturated carbocycles. The van der Waals surface area contributed by atoms with Crippen LogP contribution in [0, 0.1) is 0 Å². The Morgan fingerprint density at radius 1 is 0.976 bits per heavy atom. The van der Waals surface area contributed by atoms with Gasteiger partial charge in [-0.3, -0.25) is 4.79 Å². The van der Waals surface area contributed by atoms with Crippen LogP contribution < -0.4 is 15.5 Å². The lowest BCUT2D eigenvalue weighted by molar-refractivity contribution is -0.122. The smallest absolute Gasteiger partial charge is 0.229 e. The summed E-state index contributed by atoms with van der Waals surface area (Å²) >= 11 is 0. The van der Waals surface area contributed by atoms with Crippen molar-refractivity contribution in [2.24, 2.45) is 0 Å². The lowest BCUT2D eigenvalue weighted by Crippen LogP contribution is -2.42. The standard InChI is InChI=1S/C31H37N7O3/c1-2-25(39)34-23-17-24(28(41)27(23)40)38-19-33-26-29(35-31(36-30(26)38)37-15-9-10-16-37)32-18-22(20-11-5-3-6-12-20)21-13-7-4-8-14-21/h3-8,11-14,19,22-24,27-28,40-41H,2,9-10,15-18H2,1H3,(H,34,39)(H,32,35,36)/t23-,24?,27+,28-/m0/s1. The number of nitrogens with one attached hydrogen (secondary N) is 2. The van der Waals surface area contributed by atoms with Gasteiger partial charge < -0.3 is 30.3 Å². The van der Waals surface area contributed by atoms with Gasteiger partial charge in [-0.1, -0.05) is 67.6 Å². The van der Waals surface area contributed by atoms with E-state index in [9.17, 15) is 15.0 Å². The Hall–Kier alpha value is -4.02. The van der Waals surface area contributed by atoms with Crippen molar-refractivity contribution in [2.45, 2.75) is 62.8 Å². The number of aliphatic hydroxyl groups is 2. The first kappa shape index (κ1) is 27.2. The Morgan fingerprint density at radius 2 is 1.63 bits per heavy atom. The molecule has 2 aromatic heterocycles. The average Bonchev–Trinajstić information content (AvgIpc) is 3.75. The van der Waals surface area contributed by atoms with Gasteiger partial charge in [-0.2, -0.15) is 9.97 Å². The third-order valence-corrected chi connectivity index (χ3v) is 8.35. The Labute approximate surface area is 239 Å². The van der Waals surface area contributed by atoms with Crippen LogP contribution in [-0.4, -0.2) is 73.5 Å². The van der Waals surface area contributed by atoms with E-state index in [-0.39, 0.29) is 11.8 Å². The number of anilines is 2. The van der Waals surface area contributed by atoms with E-state index in [1.54, 1.807) is 13.3 Å². The maximum absolute atomic E-state index is 12.0. The summed E-state index contributed by atoms with van der Waals surface area (Å²) in [4.78, 5) is 28.8. The molecule has 3 heterocycles. The number of imidazole rings is 1. The molecule has 0 spiro atoms. The molecule has 1 saturated heterocycles. The first-order valence-corrected chi connectivity index (χ1v) is 14.5. The molecule has 0 radical (unpaired) electrons. The molecule has 1 aliphatic carbocycles. The molecular weight excluding hydrogens is 518 g/mol. The number of amides is 1. The molecule has 10 nitrogen and oxygen atoms in total. The molecule has 1 unspecified atom stereocenters. The molecule has 4 aromatic rings. The van der Waals surface area contributed by atoms with Crippen molar-refractivity contribution in [1.82, 2.24) is 24.8 Å². The normalized spacial score (nSPS) is 22.5. The van der Waals surface area contributed by atoms with Crippen molar-refractivity contribution < 1.29 is 15.0 Å². The number of rotatable bonds is 9. The maximum atomic E-state index is 12.0. The van der Waals surface area contributed by atoms with Gasteiger partial charge >= 0.3 is 0 Å². The first-order valence-electron chi connectivity index (χ1n) is 14.5. The van der Waals surface area contributed by atoms with Gasteiger partial charge in [0.15, 0.2) is 17.0 Å². The molecule has 1 aliphatic heterocycles. The SMILES string of the molecule is CCC(=O)N[C@H]1CC(n2cnc3c(NCC(c4ccccc4)c4ccccc4)nc(N4CCCC4)nc32)[C@H](O)[C@@H]1O. The highest BCUT2D eigenvalue weighted by Gasteiger charge is 2.43. The average molecular weight is 556 g/mol. The molecule has 1 amide bonds. The fourth-order valence-electron chi connectivity index (χ4n) is 6.06. The molecule has 0 bridgehead atoms. The van der Waals surface area contributed by atoms with Gasteiger partial charge in [-0.15, -0.1) is 0 Å². The van der Waals surface area contributed by atoms with Crippen molar-refractivity contribution in [2.75, 3.05) is 29.9 Å². The van der Waals surface area contributed by atoms with Crippen LogP contribution in [0.25, 0.3) is 11.2 Å². The lowest BCUT2D eigenvalue weighted by Gasteiger charge is -2.22. The Morgan fingerprint density at radius 3 is 2.27 bits per heavy atom. The monoisotopic (exact) mass is 555 g/mol. The number of carbonyl (C=O) groups is 1. The number of aliphatic hydroxyl groups excluding tert-OH is 2. The minimum Gasteiger partial charge on any atom is -0.388 e. The van der Waals surface area contributed by atoms with E-state index in [0.29, 0.717) is 42.3 Å². The van der Waals surface area contributed by atoms with Gasteiger partial charge in [0.25, 0.3) is 0 Å². The fraction of sp³-hybridized carbons (Fsp3) is 0.419. The van der Waals surface area contributed by atoms with Gasteiger partial charge in [0.1, 0.15) is 12.2 Å². The summed E-state index contributed by atoms with van der Waals surface area (Å²) in [6.07, 6.45) is 2.36. The van der Waals surface area contributed by atoms with Crippen LogP contribution in [0.15, 0.2) is 67.0 Å². The van der Waals surface area contributed by atoms with Crippen LogP contribution in [0.1, 0.15) is 55.7 Å². The van der Waals surface area contributed by atoms with Crippen LogP contribution in [0.5, 0.6) is 0 Å². The predicted molar refractivity (Wildman–Crippen MR) is 158 cm³/mol. The molecule has 2 aliphatic rings. The maximum Gasteiger partial charge on any atom is 0.229 e. The summed E-state index contributed by atoms with van der Waals surface area (Å²) in [7, 11) is 0. The molecule has 6 rings (SSSR count). The Balaban J connectivity index is 1.35. The number of fused-ring (bicyclic) bond motifs is 1. The third kappa shape index (κ3) is 5.49. The van der Waals surface area contributed by atoms with Gasteiger partial charge in [0, 0.05) is 32.0 Å². The largest absolute Gasteiger partial charge is 0.388 e. The van der Waals surface area contributed by atoms with Crippen LogP contribution >= 0.6 is 0 Å². The van der Waals surface area contributed by atoms with Crippen molar-refractivity contribution >= 4 is 28.8 Å². The van der Waals surface area contributed by atoms with E-state index in [0.717, 1.165) is 25.9 Å². The first-order chi connectivity index (χ1) is 20.0. The molecule has 2 aromatic carbocycles. The Bertz CT molecular complexity index is 1430. The van der Waals surface area contributed by atoms with E-state index in [1.165, 1.54) is 11.1 Å². The highest BCUT2D eigenvalue weighted by atomic mass is 16.3. The minimum atomic E-state index is -1.08. The second-order valence-corrected chi connectivity index (χ2v) is 11.0. The van der Waals surface area contributed by atoms with Crippen molar-refractivity contribution in [1.29, 1.82) is 0 Å². The van der Waals surface area contributed by atoms with E-state index in [2.05, 4.69) is 64.1 Å². The molecule has 4 N–H and O–H groups in total. The third-order valence-electron chi connectivity index (χ3n) is 8.35. The van der Waals surface area contributed by atoms with E-state index >= 15 is 0 Å². The topological polar surface area (TPSA) is 128 Å². The number of aromatic nitrogens is 4. The molecular formula is C31H37N7O3. The summed E-state index contributed by atoms with van der Waals surface area (Å²) in [5.41, 5.74) is 3.60. The predicted octanol–water partition coefficient (Wildman–Crippen LogP) is 3.23. The summed E-state index contributed by atoms with van der Waals surface area (Å²) < 4.78 is 1.83. The molecule has 214 valence electrons. The highest BCUT2D eigenvalue weighted by molar-refractivity contribution is 5.84. The molecule has 41 heavy (non-hydrogen) atoms. The van der Waals surface area contributed by atoms with Crippen LogP contribution in [0.3, 0.4) is 0 Å². The van der Waals surface area contributed by atoms with Crippen molar-refractivity contribution in [3.63, 3.8) is 0 Å². The van der Waals surface area contributed by atoms with E-state index < -0.39 is 24.3 Å². The van der Waals surface area contributed by atoms with Gasteiger partial charge in [-0.05, 0) is 30.4 Å². The zero-order chi connectivity index (χ0) is 28.3. The Kier molecular flexibility index (Phi) is 7.84. The van der Waals surface area contributed by atoms with Crippen molar-refractivity contribution in [3.8, 4) is 0 Å². The minimum absolute atomic E-state index is 0.0921. The highest BCUT2D eigenvalue weighted by Crippen LogP contribution is 2.35. The second kappa shape index (κ2) is 11.8. The van der Waals surface area contributed by atoms with Crippen LogP contribution in [0.4, 0.5) is 11.8 Å². The zero-order valence-corrected chi connectivity index (χ0v) is 23.2. The quantitative estimate of drug-likeness (QED) is 0.248. The zero-order valence-electron chi connectivity index (χ0n) is 23.2. The van der Waals surface area contributed by atoms with Crippen molar-refractivity contribution in [3.05, 3.63) is 78.1 Å². The number of carbonyl (C=O) groups excluding carboxylic acids is 1. The fourth-order valence-corrected chi connectivity index (χ4v) is 6.06. The van der Waals surface area contributed by atoms with Gasteiger partial charge in [0.2, 0.25) is 11.9 Å². The van der Waals surface area contributed by atoms with E-state index in [4.69, 9.17) is 15.0 Å². The van der Waals surface area contributed by atoms with Gasteiger partial charge in [0.05, 0.1) is 18.4 Å². The van der Waals surface area contributed by atoms with E-state index in [1.807, 2.05) is 16.7 Å². The number of hydrogen-bond donors (Lipinski definition) is 4.